The average molecular weight is 385 g/mol. The van der Waals surface area contributed by atoms with Crippen LogP contribution in [0.15, 0.2) is 41.6 Å². The van der Waals surface area contributed by atoms with Crippen molar-refractivity contribution < 1.29 is 24.3 Å². The monoisotopic (exact) mass is 385 g/mol. The summed E-state index contributed by atoms with van der Waals surface area (Å²) in [5.74, 6) is -1.45. The maximum Gasteiger partial charge on any atom is 0.344 e. The number of aliphatic carboxylic acids is 1. The van der Waals surface area contributed by atoms with Gasteiger partial charge in [0.25, 0.3) is 0 Å². The predicted octanol–water partition coefficient (Wildman–Crippen LogP) is 4.14. The number of aryl methyl sites for hydroxylation is 2. The van der Waals surface area contributed by atoms with Gasteiger partial charge in [0.2, 0.25) is 6.61 Å². The third-order valence-corrected chi connectivity index (χ3v) is 4.26. The predicted molar refractivity (Wildman–Crippen MR) is 108 cm³/mol. The summed E-state index contributed by atoms with van der Waals surface area (Å²) in [5.41, 5.74) is 3.72. The number of fused-ring (bicyclic) bond motifs is 1. The molecule has 1 aromatic rings. The van der Waals surface area contributed by atoms with Crippen LogP contribution in [0.5, 0.6) is 0 Å². The second-order valence-electron chi connectivity index (χ2n) is 6.95. The molecule has 1 aliphatic heterocycles. The number of cyclic esters (lactones) is 1. The summed E-state index contributed by atoms with van der Waals surface area (Å²) in [6.07, 6.45) is 10.3. The van der Waals surface area contributed by atoms with Crippen LogP contribution >= 0.6 is 0 Å². The van der Waals surface area contributed by atoms with Gasteiger partial charge in [0.1, 0.15) is 6.10 Å². The Bertz CT molecular complexity index is 807. The summed E-state index contributed by atoms with van der Waals surface area (Å²) in [7, 11) is 0. The molecule has 0 amide bonds. The second kappa shape index (κ2) is 10.4. The van der Waals surface area contributed by atoms with E-state index in [1.807, 2.05) is 51.1 Å². The van der Waals surface area contributed by atoms with Crippen molar-refractivity contribution in [2.45, 2.75) is 52.6 Å². The lowest BCUT2D eigenvalue weighted by atomic mass is 9.95. The zero-order valence-corrected chi connectivity index (χ0v) is 16.6. The maximum absolute atomic E-state index is 12.8. The van der Waals surface area contributed by atoms with Crippen molar-refractivity contribution in [2.75, 3.05) is 6.61 Å². The Morgan fingerprint density at radius 3 is 2.75 bits per heavy atom. The normalized spacial score (nSPS) is 21.9. The van der Waals surface area contributed by atoms with Gasteiger partial charge in [0, 0.05) is 12.8 Å². The van der Waals surface area contributed by atoms with E-state index in [9.17, 15) is 9.59 Å². The van der Waals surface area contributed by atoms with Crippen molar-refractivity contribution in [1.82, 2.24) is 0 Å². The number of oxime groups is 1. The van der Waals surface area contributed by atoms with Gasteiger partial charge in [-0.05, 0) is 50.8 Å². The highest BCUT2D eigenvalue weighted by Crippen LogP contribution is 2.21. The minimum atomic E-state index is -1.09. The maximum atomic E-state index is 12.8. The molecule has 1 unspecified atom stereocenters. The van der Waals surface area contributed by atoms with E-state index in [1.165, 1.54) is 0 Å². The van der Waals surface area contributed by atoms with Gasteiger partial charge in [-0.1, -0.05) is 41.1 Å². The van der Waals surface area contributed by atoms with Crippen molar-refractivity contribution >= 4 is 17.7 Å². The highest BCUT2D eigenvalue weighted by molar-refractivity contribution is 6.00. The number of esters is 1. The third-order valence-electron chi connectivity index (χ3n) is 4.26. The number of hydrogen-bond donors (Lipinski definition) is 1. The van der Waals surface area contributed by atoms with Crippen LogP contribution in [0.4, 0.5) is 0 Å². The van der Waals surface area contributed by atoms with Crippen LogP contribution < -0.4 is 0 Å². The third kappa shape index (κ3) is 6.68. The first kappa shape index (κ1) is 21.4. The number of ether oxygens (including phenoxy) is 1. The molecule has 0 bridgehead atoms. The standard InChI is InChI=1S/C22H27NO5/c1-15-11-16(2)21-18(12-15)13-19(23-27-14-20(24)25)10-8-6-4-5-7-9-17(3)28-22(21)26/h5,7-8,10-12,17H,4,6,9,13-14H2,1-3H3,(H,24,25)/b7-5+,10-8+,23-19+. The van der Waals surface area contributed by atoms with Gasteiger partial charge in [-0.25, -0.2) is 9.59 Å². The van der Waals surface area contributed by atoms with E-state index in [0.717, 1.165) is 29.5 Å². The molecular weight excluding hydrogens is 358 g/mol. The molecule has 6 heteroatoms. The highest BCUT2D eigenvalue weighted by atomic mass is 16.6. The van der Waals surface area contributed by atoms with Crippen LogP contribution in [0, 0.1) is 13.8 Å². The molecule has 0 aliphatic carbocycles. The number of carbonyl (C=O) groups is 2. The van der Waals surface area contributed by atoms with Gasteiger partial charge in [0.05, 0.1) is 11.3 Å². The minimum absolute atomic E-state index is 0.220. The molecule has 1 atom stereocenters. The number of hydrogen-bond acceptors (Lipinski definition) is 5. The molecular formula is C22H27NO5. The molecule has 0 radical (unpaired) electrons. The zero-order chi connectivity index (χ0) is 20.5. The van der Waals surface area contributed by atoms with Crippen LogP contribution in [-0.4, -0.2) is 35.5 Å². The molecule has 2 rings (SSSR count). The van der Waals surface area contributed by atoms with Gasteiger partial charge < -0.3 is 14.7 Å². The molecule has 1 N–H and O–H groups in total. The lowest BCUT2D eigenvalue weighted by Crippen LogP contribution is -2.18. The van der Waals surface area contributed by atoms with E-state index in [-0.39, 0.29) is 12.1 Å². The van der Waals surface area contributed by atoms with Crippen LogP contribution in [-0.2, 0) is 20.8 Å². The minimum Gasteiger partial charge on any atom is -0.479 e. The van der Waals surface area contributed by atoms with Crippen molar-refractivity contribution in [3.63, 3.8) is 0 Å². The number of nitrogens with zero attached hydrogens (tertiary/aromatic N) is 1. The van der Waals surface area contributed by atoms with Crippen molar-refractivity contribution in [1.29, 1.82) is 0 Å². The van der Waals surface area contributed by atoms with Gasteiger partial charge in [-0.2, -0.15) is 0 Å². The Balaban J connectivity index is 2.43. The number of allylic oxidation sites excluding steroid dienone is 3. The van der Waals surface area contributed by atoms with E-state index >= 15 is 0 Å². The zero-order valence-electron chi connectivity index (χ0n) is 16.6. The molecule has 1 heterocycles. The Morgan fingerprint density at radius 1 is 1.25 bits per heavy atom. The molecule has 150 valence electrons. The summed E-state index contributed by atoms with van der Waals surface area (Å²) in [4.78, 5) is 28.4. The van der Waals surface area contributed by atoms with Crippen LogP contribution in [0.2, 0.25) is 0 Å². The summed E-state index contributed by atoms with van der Waals surface area (Å²) in [6.45, 7) is 5.21. The molecule has 0 fully saturated rings. The molecule has 1 aromatic carbocycles. The average Bonchev–Trinajstić information content (AvgIpc) is 2.58. The summed E-state index contributed by atoms with van der Waals surface area (Å²) in [6, 6.07) is 3.88. The molecule has 6 nitrogen and oxygen atoms in total. The lowest BCUT2D eigenvalue weighted by Gasteiger charge is -2.17. The van der Waals surface area contributed by atoms with Gasteiger partial charge in [-0.3, -0.25) is 0 Å². The van der Waals surface area contributed by atoms with E-state index in [0.29, 0.717) is 24.1 Å². The summed E-state index contributed by atoms with van der Waals surface area (Å²) < 4.78 is 5.63. The van der Waals surface area contributed by atoms with E-state index in [2.05, 4.69) is 11.2 Å². The van der Waals surface area contributed by atoms with Crippen molar-refractivity contribution in [3.05, 3.63) is 58.7 Å². The number of rotatable bonds is 3. The fourth-order valence-corrected chi connectivity index (χ4v) is 3.08. The second-order valence-corrected chi connectivity index (χ2v) is 6.95. The smallest absolute Gasteiger partial charge is 0.344 e. The Kier molecular flexibility index (Phi) is 7.99. The number of carboxylic acids is 1. The number of benzene rings is 1. The first-order valence-electron chi connectivity index (χ1n) is 9.40. The Morgan fingerprint density at radius 2 is 2.00 bits per heavy atom. The van der Waals surface area contributed by atoms with Gasteiger partial charge in [0.15, 0.2) is 0 Å². The molecule has 0 saturated carbocycles. The van der Waals surface area contributed by atoms with Crippen LogP contribution in [0.1, 0.15) is 53.2 Å². The molecule has 1 aliphatic rings. The fourth-order valence-electron chi connectivity index (χ4n) is 3.08. The Hall–Kier alpha value is -2.89. The molecule has 28 heavy (non-hydrogen) atoms. The largest absolute Gasteiger partial charge is 0.479 e. The SMILES string of the molecule is Cc1cc(C)c2c(c1)CC(=N/OCC(=O)O)/C=C/CC/C=C/CC(C)OC2=O. The topological polar surface area (TPSA) is 85.2 Å². The van der Waals surface area contributed by atoms with E-state index in [4.69, 9.17) is 14.7 Å². The number of carboxylic acid groups (broad SMARTS) is 1. The van der Waals surface area contributed by atoms with Crippen molar-refractivity contribution in [3.8, 4) is 0 Å². The van der Waals surface area contributed by atoms with Crippen LogP contribution in [0.25, 0.3) is 0 Å². The van der Waals surface area contributed by atoms with Gasteiger partial charge in [-0.15, -0.1) is 0 Å². The highest BCUT2D eigenvalue weighted by Gasteiger charge is 2.20. The van der Waals surface area contributed by atoms with E-state index < -0.39 is 12.6 Å². The molecule has 0 aromatic heterocycles. The first-order valence-corrected chi connectivity index (χ1v) is 9.40. The van der Waals surface area contributed by atoms with Gasteiger partial charge >= 0.3 is 11.9 Å². The van der Waals surface area contributed by atoms with Crippen LogP contribution in [0.3, 0.4) is 0 Å². The molecule has 0 saturated heterocycles. The quantitative estimate of drug-likeness (QED) is 0.480. The molecule has 0 spiro atoms. The summed E-state index contributed by atoms with van der Waals surface area (Å²) >= 11 is 0. The summed E-state index contributed by atoms with van der Waals surface area (Å²) in [5, 5.41) is 12.7. The lowest BCUT2D eigenvalue weighted by molar-refractivity contribution is -0.142. The van der Waals surface area contributed by atoms with E-state index in [1.54, 1.807) is 0 Å². The Labute approximate surface area is 165 Å². The van der Waals surface area contributed by atoms with Crippen molar-refractivity contribution in [2.24, 2.45) is 5.16 Å². The number of carbonyl (C=O) groups excluding carboxylic acids is 1. The fraction of sp³-hybridized carbons (Fsp3) is 0.409. The first-order chi connectivity index (χ1) is 13.4.